The number of methoxy groups -OCH3 is 1. The molecule has 0 aliphatic carbocycles. The van der Waals surface area contributed by atoms with Crippen molar-refractivity contribution in [3.05, 3.63) is 87.6 Å². The number of carbonyl (C=O) groups is 1. The van der Waals surface area contributed by atoms with Gasteiger partial charge in [-0.1, -0.05) is 30.3 Å². The third-order valence-electron chi connectivity index (χ3n) is 5.62. The first-order chi connectivity index (χ1) is 14.5. The molecule has 2 aromatic carbocycles. The summed E-state index contributed by atoms with van der Waals surface area (Å²) in [7, 11) is 1.60. The maximum atomic E-state index is 13.5. The monoisotopic (exact) mass is 401 g/mol. The summed E-state index contributed by atoms with van der Waals surface area (Å²) in [5.41, 5.74) is 3.62. The van der Waals surface area contributed by atoms with Gasteiger partial charge in [0, 0.05) is 5.69 Å². The van der Waals surface area contributed by atoms with Crippen LogP contribution in [0.25, 0.3) is 16.7 Å². The molecule has 6 heteroatoms. The fourth-order valence-electron chi connectivity index (χ4n) is 3.95. The van der Waals surface area contributed by atoms with Crippen LogP contribution in [0.5, 0.6) is 5.75 Å². The van der Waals surface area contributed by atoms with Crippen molar-refractivity contribution in [1.29, 1.82) is 0 Å². The minimum absolute atomic E-state index is 0.153. The van der Waals surface area contributed by atoms with Crippen molar-refractivity contribution in [1.82, 2.24) is 14.1 Å². The van der Waals surface area contributed by atoms with Crippen molar-refractivity contribution in [2.24, 2.45) is 0 Å². The first kappa shape index (κ1) is 19.6. The molecule has 0 saturated carbocycles. The summed E-state index contributed by atoms with van der Waals surface area (Å²) in [6.45, 7) is 5.62. The molecule has 0 amide bonds. The van der Waals surface area contributed by atoms with Gasteiger partial charge in [0.15, 0.2) is 0 Å². The predicted octanol–water partition coefficient (Wildman–Crippen LogP) is 3.91. The third kappa shape index (κ3) is 3.01. The molecule has 4 aromatic rings. The number of ether oxygens (including phenoxy) is 1. The highest BCUT2D eigenvalue weighted by molar-refractivity contribution is 5.83. The van der Waals surface area contributed by atoms with Gasteiger partial charge in [-0.3, -0.25) is 9.36 Å². The second-order valence-corrected chi connectivity index (χ2v) is 7.27. The van der Waals surface area contributed by atoms with Crippen LogP contribution in [0, 0.1) is 20.8 Å². The van der Waals surface area contributed by atoms with Gasteiger partial charge in [0.05, 0.1) is 18.2 Å². The first-order valence-electron chi connectivity index (χ1n) is 9.73. The summed E-state index contributed by atoms with van der Waals surface area (Å²) in [5, 5.41) is 0.525. The van der Waals surface area contributed by atoms with Gasteiger partial charge >= 0.3 is 0 Å². The molecule has 0 fully saturated rings. The van der Waals surface area contributed by atoms with Crippen LogP contribution in [-0.2, 0) is 4.79 Å². The fourth-order valence-corrected chi connectivity index (χ4v) is 3.95. The van der Waals surface area contributed by atoms with E-state index in [2.05, 4.69) is 0 Å². The van der Waals surface area contributed by atoms with E-state index in [4.69, 9.17) is 9.72 Å². The number of aromatic nitrogens is 3. The Morgan fingerprint density at radius 1 is 1.00 bits per heavy atom. The summed E-state index contributed by atoms with van der Waals surface area (Å²) >= 11 is 0. The summed E-state index contributed by atoms with van der Waals surface area (Å²) in [4.78, 5) is 30.4. The number of aryl methyl sites for hydroxylation is 2. The third-order valence-corrected chi connectivity index (χ3v) is 5.62. The Morgan fingerprint density at radius 3 is 2.27 bits per heavy atom. The quantitative estimate of drug-likeness (QED) is 0.476. The van der Waals surface area contributed by atoms with Gasteiger partial charge < -0.3 is 14.1 Å². The lowest BCUT2D eigenvalue weighted by Gasteiger charge is -2.17. The Bertz CT molecular complexity index is 1290. The average Bonchev–Trinajstić information content (AvgIpc) is 3.00. The number of aldehydes is 1. The summed E-state index contributed by atoms with van der Waals surface area (Å²) < 4.78 is 8.67. The van der Waals surface area contributed by atoms with E-state index in [0.717, 1.165) is 23.1 Å². The van der Waals surface area contributed by atoms with Crippen LogP contribution >= 0.6 is 0 Å². The molecule has 0 N–H and O–H groups in total. The van der Waals surface area contributed by atoms with Gasteiger partial charge in [-0.2, -0.15) is 0 Å². The van der Waals surface area contributed by atoms with Crippen LogP contribution in [0.4, 0.5) is 0 Å². The van der Waals surface area contributed by atoms with Crippen LogP contribution in [0.2, 0.25) is 0 Å². The number of nitrogens with zero attached hydrogens (tertiary/aromatic N) is 3. The summed E-state index contributed by atoms with van der Waals surface area (Å²) in [5.74, 6) is 1.27. The highest BCUT2D eigenvalue weighted by Gasteiger charge is 2.24. The number of benzene rings is 2. The highest BCUT2D eigenvalue weighted by atomic mass is 16.5. The van der Waals surface area contributed by atoms with Gasteiger partial charge in [0.1, 0.15) is 29.5 Å². The van der Waals surface area contributed by atoms with Crippen LogP contribution in [-0.4, -0.2) is 27.5 Å². The predicted molar refractivity (Wildman–Crippen MR) is 117 cm³/mol. The molecule has 1 atom stereocenters. The number of rotatable bonds is 5. The van der Waals surface area contributed by atoms with E-state index in [1.807, 2.05) is 73.0 Å². The van der Waals surface area contributed by atoms with Gasteiger partial charge in [-0.15, -0.1) is 0 Å². The lowest BCUT2D eigenvalue weighted by Crippen LogP contribution is -2.23. The van der Waals surface area contributed by atoms with Gasteiger partial charge in [0.25, 0.3) is 5.56 Å². The topological polar surface area (TPSA) is 66.1 Å². The number of fused-ring (bicyclic) bond motifs is 1. The molecule has 0 bridgehead atoms. The van der Waals surface area contributed by atoms with Crippen LogP contribution in [0.1, 0.15) is 28.7 Å². The van der Waals surface area contributed by atoms with Crippen molar-refractivity contribution in [3.63, 3.8) is 0 Å². The maximum absolute atomic E-state index is 13.5. The van der Waals surface area contributed by atoms with Crippen LogP contribution < -0.4 is 10.3 Å². The molecule has 6 nitrogen and oxygen atoms in total. The van der Waals surface area contributed by atoms with E-state index in [1.165, 1.54) is 0 Å². The van der Waals surface area contributed by atoms with E-state index in [-0.39, 0.29) is 5.56 Å². The van der Waals surface area contributed by atoms with Crippen molar-refractivity contribution in [2.45, 2.75) is 26.8 Å². The average molecular weight is 401 g/mol. The molecule has 0 radical (unpaired) electrons. The Morgan fingerprint density at radius 2 is 1.67 bits per heavy atom. The molecule has 1 unspecified atom stereocenters. The van der Waals surface area contributed by atoms with E-state index in [9.17, 15) is 9.59 Å². The second kappa shape index (κ2) is 7.63. The van der Waals surface area contributed by atoms with Crippen molar-refractivity contribution in [3.8, 4) is 11.4 Å². The lowest BCUT2D eigenvalue weighted by atomic mass is 10.1. The lowest BCUT2D eigenvalue weighted by molar-refractivity contribution is -0.109. The number of carbonyl (C=O) groups excluding carboxylic acids is 1. The molecule has 0 aliphatic heterocycles. The van der Waals surface area contributed by atoms with E-state index in [1.54, 1.807) is 18.6 Å². The first-order valence-corrected chi connectivity index (χ1v) is 9.73. The molecule has 4 rings (SSSR count). The maximum Gasteiger partial charge on any atom is 0.267 e. The van der Waals surface area contributed by atoms with Crippen molar-refractivity contribution in [2.75, 3.05) is 7.11 Å². The Hall–Kier alpha value is -3.67. The molecule has 30 heavy (non-hydrogen) atoms. The zero-order chi connectivity index (χ0) is 21.4. The summed E-state index contributed by atoms with van der Waals surface area (Å²) in [6.07, 6.45) is 0.896. The molecular weight excluding hydrogens is 378 g/mol. The number of hydrogen-bond donors (Lipinski definition) is 0. The molecule has 2 aromatic heterocycles. The van der Waals surface area contributed by atoms with E-state index < -0.39 is 6.04 Å². The number of hydrogen-bond acceptors (Lipinski definition) is 4. The fraction of sp³-hybridized carbons (Fsp3) is 0.208. The normalized spacial score (nSPS) is 12.1. The largest absolute Gasteiger partial charge is 0.497 e. The molecule has 2 heterocycles. The minimum Gasteiger partial charge on any atom is -0.497 e. The molecule has 0 spiro atoms. The second-order valence-electron chi connectivity index (χ2n) is 7.27. The van der Waals surface area contributed by atoms with Crippen molar-refractivity contribution >= 4 is 17.3 Å². The minimum atomic E-state index is -0.550. The van der Waals surface area contributed by atoms with Gasteiger partial charge in [0.2, 0.25) is 0 Å². The van der Waals surface area contributed by atoms with Crippen LogP contribution in [0.3, 0.4) is 0 Å². The summed E-state index contributed by atoms with van der Waals surface area (Å²) in [6, 6.07) is 16.3. The van der Waals surface area contributed by atoms with Crippen LogP contribution in [0.15, 0.2) is 59.4 Å². The molecule has 0 aliphatic rings. The smallest absolute Gasteiger partial charge is 0.267 e. The zero-order valence-corrected chi connectivity index (χ0v) is 17.4. The zero-order valence-electron chi connectivity index (χ0n) is 17.4. The van der Waals surface area contributed by atoms with Crippen molar-refractivity contribution < 1.29 is 9.53 Å². The van der Waals surface area contributed by atoms with Gasteiger partial charge in [-0.25, -0.2) is 4.98 Å². The Labute approximate surface area is 174 Å². The SMILES string of the molecule is COc1ccc(-n2c(C)nc3c(c(C)c(C)n3C(C=O)c3ccccc3)c2=O)cc1. The Kier molecular flexibility index (Phi) is 4.99. The Balaban J connectivity index is 1.99. The van der Waals surface area contributed by atoms with Gasteiger partial charge in [-0.05, 0) is 56.2 Å². The highest BCUT2D eigenvalue weighted by Crippen LogP contribution is 2.29. The molecular formula is C24H23N3O3. The molecule has 0 saturated heterocycles. The molecule has 152 valence electrons. The van der Waals surface area contributed by atoms with E-state index in [0.29, 0.717) is 28.3 Å². The standard InChI is InChI=1S/C24H23N3O3/c1-15-16(2)26(21(14-28)18-8-6-5-7-9-18)23-22(15)24(29)27(17(3)25-23)19-10-12-20(30-4)13-11-19/h5-14,21H,1-4H3. The van der Waals surface area contributed by atoms with E-state index >= 15 is 0 Å².